The zero-order valence-corrected chi connectivity index (χ0v) is 17.0. The Morgan fingerprint density at radius 2 is 1.86 bits per heavy atom. The van der Waals surface area contributed by atoms with Gasteiger partial charge in [-0.05, 0) is 80.8 Å². The molecular weight excluding hydrogens is 366 g/mol. The van der Waals surface area contributed by atoms with E-state index in [1.807, 2.05) is 12.1 Å². The van der Waals surface area contributed by atoms with Crippen LogP contribution in [0.15, 0.2) is 42.7 Å². The van der Waals surface area contributed by atoms with Gasteiger partial charge in [-0.3, -0.25) is 4.90 Å². The second-order valence-electron chi connectivity index (χ2n) is 8.40. The van der Waals surface area contributed by atoms with Crippen molar-refractivity contribution in [3.63, 3.8) is 0 Å². The van der Waals surface area contributed by atoms with Crippen molar-refractivity contribution in [1.82, 2.24) is 14.9 Å². The summed E-state index contributed by atoms with van der Waals surface area (Å²) >= 11 is 0. The van der Waals surface area contributed by atoms with Crippen LogP contribution in [-0.2, 0) is 11.3 Å². The lowest BCUT2D eigenvalue weighted by molar-refractivity contribution is -0.0486. The smallest absolute Gasteiger partial charge is 0.321 e. The fraction of sp³-hybridized carbons (Fsp3) is 0.565. The molecule has 0 bridgehead atoms. The quantitative estimate of drug-likeness (QED) is 0.766. The molecule has 2 aliphatic rings. The van der Waals surface area contributed by atoms with Crippen molar-refractivity contribution in [3.05, 3.63) is 48.3 Å². The summed E-state index contributed by atoms with van der Waals surface area (Å²) in [5, 5.41) is 10.1. The van der Waals surface area contributed by atoms with Gasteiger partial charge < -0.3 is 14.6 Å². The van der Waals surface area contributed by atoms with E-state index in [4.69, 9.17) is 9.47 Å². The highest BCUT2D eigenvalue weighted by molar-refractivity contribution is 5.29. The number of aromatic nitrogens is 2. The van der Waals surface area contributed by atoms with E-state index in [-0.39, 0.29) is 12.0 Å². The van der Waals surface area contributed by atoms with Gasteiger partial charge in [0, 0.05) is 32.2 Å². The van der Waals surface area contributed by atoms with Gasteiger partial charge in [-0.15, -0.1) is 0 Å². The van der Waals surface area contributed by atoms with Crippen LogP contribution >= 0.6 is 0 Å². The molecule has 1 aromatic carbocycles. The molecule has 4 rings (SSSR count). The Balaban J connectivity index is 1.27. The van der Waals surface area contributed by atoms with Gasteiger partial charge in [-0.1, -0.05) is 12.1 Å². The minimum absolute atomic E-state index is 0.0336. The topological polar surface area (TPSA) is 67.7 Å². The summed E-state index contributed by atoms with van der Waals surface area (Å²) in [6, 6.07) is 10.3. The number of likely N-dealkylation sites (tertiary alicyclic amines) is 1. The Hall–Kier alpha value is -2.02. The van der Waals surface area contributed by atoms with Crippen molar-refractivity contribution in [1.29, 1.82) is 0 Å². The first-order valence-corrected chi connectivity index (χ1v) is 10.7. The second-order valence-corrected chi connectivity index (χ2v) is 8.40. The van der Waals surface area contributed by atoms with Gasteiger partial charge in [0.05, 0.1) is 6.10 Å². The number of benzene rings is 1. The van der Waals surface area contributed by atoms with E-state index in [1.165, 1.54) is 18.4 Å². The van der Waals surface area contributed by atoms with E-state index < -0.39 is 0 Å². The molecule has 29 heavy (non-hydrogen) atoms. The highest BCUT2D eigenvalue weighted by Gasteiger charge is 2.36. The van der Waals surface area contributed by atoms with E-state index in [9.17, 15) is 5.11 Å². The van der Waals surface area contributed by atoms with Gasteiger partial charge in [-0.25, -0.2) is 9.97 Å². The van der Waals surface area contributed by atoms with Crippen molar-refractivity contribution in [3.8, 4) is 11.8 Å². The predicted molar refractivity (Wildman–Crippen MR) is 111 cm³/mol. The van der Waals surface area contributed by atoms with Crippen LogP contribution in [0.3, 0.4) is 0 Å². The first-order valence-electron chi connectivity index (χ1n) is 10.7. The number of nitrogens with zero attached hydrogens (tertiary/aromatic N) is 3. The van der Waals surface area contributed by atoms with Crippen LogP contribution < -0.4 is 4.74 Å². The van der Waals surface area contributed by atoms with Gasteiger partial charge in [-0.2, -0.15) is 0 Å². The molecule has 2 fully saturated rings. The Morgan fingerprint density at radius 3 is 2.52 bits per heavy atom. The average molecular weight is 398 g/mol. The van der Waals surface area contributed by atoms with Gasteiger partial charge >= 0.3 is 6.01 Å². The monoisotopic (exact) mass is 397 g/mol. The van der Waals surface area contributed by atoms with Gasteiger partial charge in [0.2, 0.25) is 0 Å². The largest absolute Gasteiger partial charge is 0.424 e. The number of piperidine rings is 1. The molecule has 0 unspecified atom stereocenters. The number of hydrogen-bond donors (Lipinski definition) is 1. The van der Waals surface area contributed by atoms with Crippen molar-refractivity contribution in [2.24, 2.45) is 5.41 Å². The molecule has 0 amide bonds. The van der Waals surface area contributed by atoms with Crippen LogP contribution in [0, 0.1) is 5.41 Å². The first kappa shape index (κ1) is 20.3. The third-order valence-corrected chi connectivity index (χ3v) is 6.27. The number of ether oxygens (including phenoxy) is 2. The van der Waals surface area contributed by atoms with Crippen molar-refractivity contribution >= 4 is 0 Å². The Morgan fingerprint density at radius 1 is 1.10 bits per heavy atom. The van der Waals surface area contributed by atoms with Crippen molar-refractivity contribution in [2.45, 2.75) is 51.2 Å². The van der Waals surface area contributed by atoms with E-state index >= 15 is 0 Å². The van der Waals surface area contributed by atoms with Crippen LogP contribution in [0.2, 0.25) is 0 Å². The Labute approximate surface area is 172 Å². The molecule has 6 heteroatoms. The lowest BCUT2D eigenvalue weighted by Gasteiger charge is -2.43. The molecule has 0 radical (unpaired) electrons. The van der Waals surface area contributed by atoms with Gasteiger partial charge in [0.1, 0.15) is 5.75 Å². The summed E-state index contributed by atoms with van der Waals surface area (Å²) in [7, 11) is 0. The van der Waals surface area contributed by atoms with Gasteiger partial charge in [0.25, 0.3) is 0 Å². The molecule has 2 saturated heterocycles. The Kier molecular flexibility index (Phi) is 6.74. The van der Waals surface area contributed by atoms with E-state index in [0.717, 1.165) is 57.7 Å². The van der Waals surface area contributed by atoms with Crippen LogP contribution in [-0.4, -0.2) is 52.4 Å². The number of aliphatic hydroxyl groups is 1. The highest BCUT2D eigenvalue weighted by Crippen LogP contribution is 2.38. The fourth-order valence-corrected chi connectivity index (χ4v) is 4.43. The molecule has 1 aromatic heterocycles. The van der Waals surface area contributed by atoms with Crippen LogP contribution in [0.5, 0.6) is 11.8 Å². The summed E-state index contributed by atoms with van der Waals surface area (Å²) in [6.45, 7) is 4.11. The fourth-order valence-electron chi connectivity index (χ4n) is 4.43. The minimum Gasteiger partial charge on any atom is -0.424 e. The predicted octanol–water partition coefficient (Wildman–Crippen LogP) is 3.80. The highest BCUT2D eigenvalue weighted by atomic mass is 16.5. The summed E-state index contributed by atoms with van der Waals surface area (Å²) in [4.78, 5) is 10.6. The maximum Gasteiger partial charge on any atom is 0.321 e. The van der Waals surface area contributed by atoms with E-state index in [1.54, 1.807) is 18.5 Å². The second kappa shape index (κ2) is 9.65. The molecule has 2 aliphatic heterocycles. The molecule has 0 aliphatic carbocycles. The zero-order chi connectivity index (χ0) is 19.9. The van der Waals surface area contributed by atoms with Crippen LogP contribution in [0.25, 0.3) is 0 Å². The van der Waals surface area contributed by atoms with E-state index in [2.05, 4.69) is 27.0 Å². The summed E-state index contributed by atoms with van der Waals surface area (Å²) < 4.78 is 11.6. The standard InChI is InChI=1S/C23H31N3O3/c27-18-23(16-21-4-1-2-15-28-21)9-13-26(14-10-23)17-19-5-7-20(8-6-19)29-22-24-11-3-12-25-22/h3,5-8,11-12,21,27H,1-2,4,9-10,13-18H2/t21-/m1/s1. The number of aliphatic hydroxyl groups excluding tert-OH is 1. The summed E-state index contributed by atoms with van der Waals surface area (Å²) in [5.74, 6) is 0.741. The molecular formula is C23H31N3O3. The third-order valence-electron chi connectivity index (χ3n) is 6.27. The lowest BCUT2D eigenvalue weighted by atomic mass is 9.74. The molecule has 2 aromatic rings. The maximum atomic E-state index is 10.1. The Bertz CT molecular complexity index is 740. The van der Waals surface area contributed by atoms with Crippen molar-refractivity contribution < 1.29 is 14.6 Å². The van der Waals surface area contributed by atoms with Crippen LogP contribution in [0.1, 0.15) is 44.1 Å². The van der Waals surface area contributed by atoms with Gasteiger partial charge in [0.15, 0.2) is 0 Å². The zero-order valence-electron chi connectivity index (χ0n) is 17.0. The van der Waals surface area contributed by atoms with Crippen molar-refractivity contribution in [2.75, 3.05) is 26.3 Å². The molecule has 3 heterocycles. The molecule has 0 saturated carbocycles. The van der Waals surface area contributed by atoms with Crippen LogP contribution in [0.4, 0.5) is 0 Å². The normalized spacial score (nSPS) is 22.3. The first-order chi connectivity index (χ1) is 14.2. The summed E-state index contributed by atoms with van der Waals surface area (Å²) in [5.41, 5.74) is 1.30. The SMILES string of the molecule is OCC1(C[C@H]2CCCCO2)CCN(Cc2ccc(Oc3ncccn3)cc2)CC1. The molecule has 1 atom stereocenters. The third kappa shape index (κ3) is 5.53. The van der Waals surface area contributed by atoms with E-state index in [0.29, 0.717) is 12.1 Å². The number of hydrogen-bond acceptors (Lipinski definition) is 6. The average Bonchev–Trinajstić information content (AvgIpc) is 2.78. The summed E-state index contributed by atoms with van der Waals surface area (Å²) in [6.07, 6.45) is 10.3. The number of rotatable bonds is 7. The molecule has 1 N–H and O–H groups in total. The minimum atomic E-state index is 0.0336. The maximum absolute atomic E-state index is 10.1. The lowest BCUT2D eigenvalue weighted by Crippen LogP contribution is -2.44. The molecule has 0 spiro atoms. The molecule has 6 nitrogen and oxygen atoms in total. The molecule has 156 valence electrons.